The standard InChI is InChI=1S/C23H32N4O4/c1-3-31-19-6-4-18(5-7-19)20-21(26-11-8-24(2)9-12-26)23(29)27(22(20)28)13-10-25-14-16-30-17-15-25/h4-7H,3,8-17H2,1-2H3. The van der Waals surface area contributed by atoms with Crippen LogP contribution in [0.4, 0.5) is 0 Å². The largest absolute Gasteiger partial charge is 0.494 e. The van der Waals surface area contributed by atoms with Crippen LogP contribution >= 0.6 is 0 Å². The fourth-order valence-corrected chi connectivity index (χ4v) is 4.30. The van der Waals surface area contributed by atoms with Gasteiger partial charge in [-0.3, -0.25) is 19.4 Å². The van der Waals surface area contributed by atoms with Crippen LogP contribution in [0.5, 0.6) is 5.75 Å². The highest BCUT2D eigenvalue weighted by Crippen LogP contribution is 2.33. The molecule has 2 fully saturated rings. The van der Waals surface area contributed by atoms with Crippen molar-refractivity contribution < 1.29 is 19.1 Å². The number of rotatable bonds is 7. The van der Waals surface area contributed by atoms with Crippen molar-refractivity contribution in [3.05, 3.63) is 35.5 Å². The average Bonchev–Trinajstić information content (AvgIpc) is 3.04. The molecular formula is C23H32N4O4. The number of benzene rings is 1. The molecule has 0 unspecified atom stereocenters. The number of nitrogens with zero attached hydrogens (tertiary/aromatic N) is 4. The summed E-state index contributed by atoms with van der Waals surface area (Å²) in [5.41, 5.74) is 1.83. The minimum atomic E-state index is -0.198. The molecule has 1 aromatic rings. The zero-order valence-electron chi connectivity index (χ0n) is 18.5. The zero-order valence-corrected chi connectivity index (χ0v) is 18.5. The number of hydrogen-bond donors (Lipinski definition) is 0. The Kier molecular flexibility index (Phi) is 6.89. The first-order chi connectivity index (χ1) is 15.1. The van der Waals surface area contributed by atoms with Gasteiger partial charge in [-0.2, -0.15) is 0 Å². The Labute approximate surface area is 184 Å². The van der Waals surface area contributed by atoms with Gasteiger partial charge in [-0.25, -0.2) is 0 Å². The zero-order chi connectivity index (χ0) is 21.8. The van der Waals surface area contributed by atoms with Gasteiger partial charge in [0, 0.05) is 52.4 Å². The highest BCUT2D eigenvalue weighted by Gasteiger charge is 2.42. The highest BCUT2D eigenvalue weighted by atomic mass is 16.5. The van der Waals surface area contributed by atoms with Gasteiger partial charge >= 0.3 is 0 Å². The maximum atomic E-state index is 13.5. The van der Waals surface area contributed by atoms with Crippen LogP contribution in [0.15, 0.2) is 30.0 Å². The molecule has 168 valence electrons. The molecule has 4 rings (SSSR count). The molecule has 0 bridgehead atoms. The van der Waals surface area contributed by atoms with E-state index in [0.717, 1.165) is 50.6 Å². The summed E-state index contributed by atoms with van der Waals surface area (Å²) in [6.45, 7) is 9.88. The molecule has 2 saturated heterocycles. The third kappa shape index (κ3) is 4.76. The van der Waals surface area contributed by atoms with Crippen molar-refractivity contribution in [2.45, 2.75) is 6.92 Å². The van der Waals surface area contributed by atoms with Gasteiger partial charge in [0.05, 0.1) is 25.4 Å². The first-order valence-corrected chi connectivity index (χ1v) is 11.2. The molecule has 0 atom stereocenters. The lowest BCUT2D eigenvalue weighted by atomic mass is 10.0. The monoisotopic (exact) mass is 428 g/mol. The van der Waals surface area contributed by atoms with Gasteiger partial charge in [0.1, 0.15) is 11.4 Å². The Morgan fingerprint density at radius 2 is 1.58 bits per heavy atom. The number of carbonyl (C=O) groups excluding carboxylic acids is 2. The smallest absolute Gasteiger partial charge is 0.277 e. The second kappa shape index (κ2) is 9.80. The number of hydrogen-bond acceptors (Lipinski definition) is 7. The van der Waals surface area contributed by atoms with E-state index in [9.17, 15) is 9.59 Å². The second-order valence-corrected chi connectivity index (χ2v) is 8.19. The normalized spacial score (nSPS) is 21.4. The van der Waals surface area contributed by atoms with Gasteiger partial charge in [-0.15, -0.1) is 0 Å². The average molecular weight is 429 g/mol. The molecule has 0 spiro atoms. The predicted octanol–water partition coefficient (Wildman–Crippen LogP) is 0.745. The van der Waals surface area contributed by atoms with Crippen LogP contribution in [0.2, 0.25) is 0 Å². The highest BCUT2D eigenvalue weighted by molar-refractivity contribution is 6.35. The molecule has 8 nitrogen and oxygen atoms in total. The number of morpholine rings is 1. The molecule has 0 N–H and O–H groups in total. The van der Waals surface area contributed by atoms with E-state index in [-0.39, 0.29) is 11.8 Å². The summed E-state index contributed by atoms with van der Waals surface area (Å²) in [6.07, 6.45) is 0. The minimum Gasteiger partial charge on any atom is -0.494 e. The van der Waals surface area contributed by atoms with Crippen molar-refractivity contribution in [3.8, 4) is 5.75 Å². The van der Waals surface area contributed by atoms with Crippen molar-refractivity contribution in [2.24, 2.45) is 0 Å². The first kappa shape index (κ1) is 21.8. The van der Waals surface area contributed by atoms with E-state index in [1.54, 1.807) is 0 Å². The third-order valence-corrected chi connectivity index (χ3v) is 6.16. The Bertz CT molecular complexity index is 824. The number of piperazine rings is 1. The summed E-state index contributed by atoms with van der Waals surface area (Å²) in [5, 5.41) is 0. The molecule has 31 heavy (non-hydrogen) atoms. The lowest BCUT2D eigenvalue weighted by Crippen LogP contribution is -2.47. The topological polar surface area (TPSA) is 65.6 Å². The molecule has 0 aliphatic carbocycles. The molecule has 3 heterocycles. The van der Waals surface area contributed by atoms with Crippen LogP contribution in [0.3, 0.4) is 0 Å². The van der Waals surface area contributed by atoms with E-state index in [2.05, 4.69) is 21.7 Å². The Balaban J connectivity index is 1.59. The molecule has 1 aromatic carbocycles. The van der Waals surface area contributed by atoms with Crippen LogP contribution in [0.1, 0.15) is 12.5 Å². The van der Waals surface area contributed by atoms with Gasteiger partial charge in [0.2, 0.25) is 0 Å². The molecular weight excluding hydrogens is 396 g/mol. The quantitative estimate of drug-likeness (QED) is 0.594. The second-order valence-electron chi connectivity index (χ2n) is 8.19. The minimum absolute atomic E-state index is 0.174. The van der Waals surface area contributed by atoms with Crippen molar-refractivity contribution in [1.29, 1.82) is 0 Å². The number of ether oxygens (including phenoxy) is 2. The lowest BCUT2D eigenvalue weighted by Gasteiger charge is -2.34. The number of likely N-dealkylation sites (N-methyl/N-ethyl adjacent to an activating group) is 1. The van der Waals surface area contributed by atoms with E-state index in [4.69, 9.17) is 9.47 Å². The summed E-state index contributed by atoms with van der Waals surface area (Å²) in [4.78, 5) is 34.9. The van der Waals surface area contributed by atoms with Crippen LogP contribution < -0.4 is 4.74 Å². The van der Waals surface area contributed by atoms with E-state index in [1.165, 1.54) is 4.90 Å². The van der Waals surface area contributed by atoms with E-state index in [1.807, 2.05) is 31.2 Å². The van der Waals surface area contributed by atoms with E-state index < -0.39 is 0 Å². The molecule has 0 saturated carbocycles. The summed E-state index contributed by atoms with van der Waals surface area (Å²) in [7, 11) is 2.08. The van der Waals surface area contributed by atoms with Crippen LogP contribution in [-0.4, -0.2) is 111 Å². The summed E-state index contributed by atoms with van der Waals surface area (Å²) < 4.78 is 10.9. The van der Waals surface area contributed by atoms with Crippen molar-refractivity contribution in [1.82, 2.24) is 19.6 Å². The molecule has 3 aliphatic heterocycles. The number of carbonyl (C=O) groups is 2. The van der Waals surface area contributed by atoms with Gasteiger partial charge < -0.3 is 19.3 Å². The summed E-state index contributed by atoms with van der Waals surface area (Å²) >= 11 is 0. The maximum absolute atomic E-state index is 13.5. The SMILES string of the molecule is CCOc1ccc(C2=C(N3CCN(C)CC3)C(=O)N(CCN3CCOCC3)C2=O)cc1. The van der Waals surface area contributed by atoms with Crippen LogP contribution in [0.25, 0.3) is 5.57 Å². The number of amides is 2. The van der Waals surface area contributed by atoms with Crippen molar-refractivity contribution >= 4 is 17.4 Å². The first-order valence-electron chi connectivity index (χ1n) is 11.2. The Morgan fingerprint density at radius 3 is 2.23 bits per heavy atom. The van der Waals surface area contributed by atoms with Gasteiger partial charge in [-0.05, 0) is 31.7 Å². The fraction of sp³-hybridized carbons (Fsp3) is 0.565. The predicted molar refractivity (Wildman–Crippen MR) is 118 cm³/mol. The third-order valence-electron chi connectivity index (χ3n) is 6.16. The summed E-state index contributed by atoms with van der Waals surface area (Å²) in [5.74, 6) is 0.386. The molecule has 8 heteroatoms. The molecule has 3 aliphatic rings. The van der Waals surface area contributed by atoms with Gasteiger partial charge in [0.15, 0.2) is 0 Å². The van der Waals surface area contributed by atoms with Crippen molar-refractivity contribution in [2.75, 3.05) is 79.2 Å². The molecule has 0 radical (unpaired) electrons. The van der Waals surface area contributed by atoms with E-state index >= 15 is 0 Å². The molecule has 2 amide bonds. The lowest BCUT2D eigenvalue weighted by molar-refractivity contribution is -0.138. The van der Waals surface area contributed by atoms with Gasteiger partial charge in [0.25, 0.3) is 11.8 Å². The number of imide groups is 1. The van der Waals surface area contributed by atoms with Gasteiger partial charge in [-0.1, -0.05) is 12.1 Å². The van der Waals surface area contributed by atoms with Crippen LogP contribution in [0, 0.1) is 0 Å². The Hall–Kier alpha value is -2.42. The van der Waals surface area contributed by atoms with Crippen LogP contribution in [-0.2, 0) is 14.3 Å². The Morgan fingerprint density at radius 1 is 0.903 bits per heavy atom. The van der Waals surface area contributed by atoms with E-state index in [0.29, 0.717) is 44.2 Å². The summed E-state index contributed by atoms with van der Waals surface area (Å²) in [6, 6.07) is 7.49. The maximum Gasteiger partial charge on any atom is 0.277 e. The fourth-order valence-electron chi connectivity index (χ4n) is 4.30. The molecule has 0 aromatic heterocycles. The van der Waals surface area contributed by atoms with Crippen molar-refractivity contribution in [3.63, 3.8) is 0 Å².